The average molecular weight is 192 g/mol. The van der Waals surface area contributed by atoms with Gasteiger partial charge >= 0.3 is 0 Å². The van der Waals surface area contributed by atoms with Crippen LogP contribution < -0.4 is 0 Å². The Morgan fingerprint density at radius 3 is 2.15 bits per heavy atom. The Morgan fingerprint density at radius 2 is 1.85 bits per heavy atom. The predicted molar refractivity (Wildman–Crippen MR) is 53.3 cm³/mol. The number of nitrogens with zero attached hydrogens (tertiary/aromatic N) is 1. The van der Waals surface area contributed by atoms with Gasteiger partial charge in [0, 0.05) is 6.92 Å². The Balaban J connectivity index is 4.08. The van der Waals surface area contributed by atoms with Crippen molar-refractivity contribution in [3.05, 3.63) is 0 Å². The molecule has 0 bridgehead atoms. The molecule has 0 aliphatic heterocycles. The molecule has 0 aromatic carbocycles. The van der Waals surface area contributed by atoms with Gasteiger partial charge in [-0.15, -0.1) is 0 Å². The van der Waals surface area contributed by atoms with Crippen molar-refractivity contribution >= 4 is 0 Å². The van der Waals surface area contributed by atoms with Crippen molar-refractivity contribution in [3.8, 4) is 0 Å². The van der Waals surface area contributed by atoms with Crippen molar-refractivity contribution in [2.75, 3.05) is 27.7 Å². The fourth-order valence-electron chi connectivity index (χ4n) is 1.39. The maximum Gasteiger partial charge on any atom is 0.256 e. The van der Waals surface area contributed by atoms with E-state index in [-0.39, 0.29) is 6.10 Å². The van der Waals surface area contributed by atoms with Gasteiger partial charge in [-0.25, -0.2) is 4.39 Å². The monoisotopic (exact) mass is 192 g/mol. The van der Waals surface area contributed by atoms with Gasteiger partial charge in [-0.1, -0.05) is 6.92 Å². The van der Waals surface area contributed by atoms with Crippen molar-refractivity contribution < 1.29 is 13.6 Å². The minimum atomic E-state index is -1.52. The van der Waals surface area contributed by atoms with Gasteiger partial charge in [-0.05, 0) is 13.3 Å². The molecule has 0 saturated heterocycles. The fourth-order valence-corrected chi connectivity index (χ4v) is 1.39. The van der Waals surface area contributed by atoms with E-state index in [2.05, 4.69) is 0 Å². The van der Waals surface area contributed by atoms with Gasteiger partial charge < -0.3 is 9.22 Å². The van der Waals surface area contributed by atoms with E-state index in [0.717, 1.165) is 6.42 Å². The first-order valence-electron chi connectivity index (χ1n) is 4.83. The number of ether oxygens (including phenoxy) is 1. The van der Waals surface area contributed by atoms with Crippen molar-refractivity contribution in [3.63, 3.8) is 0 Å². The minimum Gasteiger partial charge on any atom is -0.339 e. The summed E-state index contributed by atoms with van der Waals surface area (Å²) in [6.07, 6.45) is 0.831. The third-order valence-electron chi connectivity index (χ3n) is 1.78. The van der Waals surface area contributed by atoms with Crippen LogP contribution in [0.25, 0.3) is 0 Å². The van der Waals surface area contributed by atoms with Crippen LogP contribution in [0.1, 0.15) is 27.2 Å². The lowest BCUT2D eigenvalue weighted by Gasteiger charge is -2.32. The standard InChI is InChI=1S/C10H23FNO/c1-7-9(2)13-10(3,11)8-12(4,5)6/h9H,7-8H2,1-6H3/q+1. The molecule has 13 heavy (non-hydrogen) atoms. The third-order valence-corrected chi connectivity index (χ3v) is 1.78. The predicted octanol–water partition coefficient (Wildman–Crippen LogP) is 2.19. The first-order chi connectivity index (χ1) is 5.66. The first-order valence-corrected chi connectivity index (χ1v) is 4.83. The zero-order chi connectivity index (χ0) is 10.7. The molecule has 0 aromatic heterocycles. The number of halogens is 1. The summed E-state index contributed by atoms with van der Waals surface area (Å²) >= 11 is 0. The summed E-state index contributed by atoms with van der Waals surface area (Å²) in [4.78, 5) is 0. The molecule has 2 unspecified atom stereocenters. The van der Waals surface area contributed by atoms with Crippen LogP contribution in [0.4, 0.5) is 4.39 Å². The molecule has 0 amide bonds. The quantitative estimate of drug-likeness (QED) is 0.607. The Labute approximate surface area is 81.3 Å². The molecular formula is C10H23FNO+. The lowest BCUT2D eigenvalue weighted by molar-refractivity contribution is -0.879. The lowest BCUT2D eigenvalue weighted by atomic mass is 10.2. The summed E-state index contributed by atoms with van der Waals surface area (Å²) < 4.78 is 19.6. The molecular weight excluding hydrogens is 169 g/mol. The van der Waals surface area contributed by atoms with Crippen LogP contribution in [-0.2, 0) is 4.74 Å². The number of quaternary nitrogens is 1. The number of rotatable bonds is 5. The molecule has 0 fully saturated rings. The summed E-state index contributed by atoms with van der Waals surface area (Å²) in [7, 11) is 5.87. The van der Waals surface area contributed by atoms with Crippen LogP contribution in [0.5, 0.6) is 0 Å². The molecule has 0 saturated carbocycles. The van der Waals surface area contributed by atoms with Crippen molar-refractivity contribution in [2.45, 2.75) is 39.2 Å². The Kier molecular flexibility index (Phi) is 4.33. The van der Waals surface area contributed by atoms with Crippen LogP contribution in [0, 0.1) is 0 Å². The maximum atomic E-state index is 13.8. The zero-order valence-electron chi connectivity index (χ0n) is 9.72. The lowest BCUT2D eigenvalue weighted by Crippen LogP contribution is -2.47. The van der Waals surface area contributed by atoms with E-state index in [1.807, 2.05) is 35.0 Å². The normalized spacial score (nSPS) is 19.6. The Morgan fingerprint density at radius 1 is 1.38 bits per heavy atom. The second-order valence-electron chi connectivity index (χ2n) is 4.89. The minimum absolute atomic E-state index is 0.0125. The molecule has 0 radical (unpaired) electrons. The average Bonchev–Trinajstić information content (AvgIpc) is 1.80. The van der Waals surface area contributed by atoms with Gasteiger partial charge in [0.15, 0.2) is 0 Å². The van der Waals surface area contributed by atoms with Gasteiger partial charge in [0.05, 0.1) is 27.2 Å². The van der Waals surface area contributed by atoms with Gasteiger partial charge in [0.1, 0.15) is 6.54 Å². The van der Waals surface area contributed by atoms with E-state index in [9.17, 15) is 4.39 Å². The molecule has 0 heterocycles. The highest BCUT2D eigenvalue weighted by atomic mass is 19.2. The number of likely N-dealkylation sites (N-methyl/N-ethyl adjacent to an activating group) is 1. The van der Waals surface area contributed by atoms with Gasteiger partial charge in [0.2, 0.25) is 0 Å². The van der Waals surface area contributed by atoms with E-state index in [4.69, 9.17) is 4.74 Å². The largest absolute Gasteiger partial charge is 0.339 e. The van der Waals surface area contributed by atoms with Gasteiger partial charge in [-0.2, -0.15) is 0 Å². The van der Waals surface area contributed by atoms with Gasteiger partial charge in [0.25, 0.3) is 5.85 Å². The maximum absolute atomic E-state index is 13.8. The molecule has 3 heteroatoms. The smallest absolute Gasteiger partial charge is 0.256 e. The highest BCUT2D eigenvalue weighted by Gasteiger charge is 2.32. The molecule has 0 rings (SSSR count). The van der Waals surface area contributed by atoms with E-state index in [0.29, 0.717) is 11.0 Å². The topological polar surface area (TPSA) is 9.23 Å². The Bertz CT molecular complexity index is 151. The zero-order valence-corrected chi connectivity index (χ0v) is 9.72. The molecule has 80 valence electrons. The van der Waals surface area contributed by atoms with Crippen molar-refractivity contribution in [1.29, 1.82) is 0 Å². The molecule has 0 aliphatic rings. The van der Waals surface area contributed by atoms with Crippen molar-refractivity contribution in [2.24, 2.45) is 0 Å². The van der Waals surface area contributed by atoms with E-state index in [1.165, 1.54) is 6.92 Å². The first kappa shape index (κ1) is 12.8. The summed E-state index contributed by atoms with van der Waals surface area (Å²) in [5, 5.41) is 0. The van der Waals surface area contributed by atoms with Crippen molar-refractivity contribution in [1.82, 2.24) is 0 Å². The van der Waals surface area contributed by atoms with E-state index in [1.54, 1.807) is 0 Å². The van der Waals surface area contributed by atoms with Crippen LogP contribution in [0.3, 0.4) is 0 Å². The second kappa shape index (κ2) is 4.38. The third kappa shape index (κ3) is 6.96. The molecule has 0 spiro atoms. The molecule has 0 N–H and O–H groups in total. The fraction of sp³-hybridized carbons (Fsp3) is 1.00. The second-order valence-corrected chi connectivity index (χ2v) is 4.89. The van der Waals surface area contributed by atoms with E-state index >= 15 is 0 Å². The Hall–Kier alpha value is -0.150. The summed E-state index contributed by atoms with van der Waals surface area (Å²) in [5.41, 5.74) is 0. The number of hydrogen-bond acceptors (Lipinski definition) is 1. The molecule has 2 nitrogen and oxygen atoms in total. The number of alkyl halides is 1. The van der Waals surface area contributed by atoms with Crippen LogP contribution >= 0.6 is 0 Å². The SMILES string of the molecule is CCC(C)OC(C)(F)C[N+](C)(C)C. The summed E-state index contributed by atoms with van der Waals surface area (Å²) in [6.45, 7) is 5.76. The highest BCUT2D eigenvalue weighted by Crippen LogP contribution is 2.19. The molecule has 2 atom stereocenters. The highest BCUT2D eigenvalue weighted by molar-refractivity contribution is 4.61. The summed E-state index contributed by atoms with van der Waals surface area (Å²) in [6, 6.07) is 0. The molecule has 0 aromatic rings. The van der Waals surface area contributed by atoms with E-state index < -0.39 is 5.85 Å². The van der Waals surface area contributed by atoms with Crippen LogP contribution in [0.15, 0.2) is 0 Å². The van der Waals surface area contributed by atoms with Crippen LogP contribution in [0.2, 0.25) is 0 Å². The number of hydrogen-bond donors (Lipinski definition) is 0. The van der Waals surface area contributed by atoms with Crippen LogP contribution in [-0.4, -0.2) is 44.1 Å². The molecule has 0 aliphatic carbocycles. The summed E-state index contributed by atoms with van der Waals surface area (Å²) in [5.74, 6) is -1.52. The van der Waals surface area contributed by atoms with Gasteiger partial charge in [-0.3, -0.25) is 0 Å².